The molecule has 3 aromatic rings. The van der Waals surface area contributed by atoms with Crippen LogP contribution in [0.2, 0.25) is 0 Å². The van der Waals surface area contributed by atoms with E-state index in [1.54, 1.807) is 16.9 Å². The SMILES string of the molecule is CCn1nccc1NC(=O)c1cc2cc(C)ccc2nc1C. The Labute approximate surface area is 129 Å². The Hall–Kier alpha value is -2.69. The third kappa shape index (κ3) is 2.57. The number of amides is 1. The first-order valence-electron chi connectivity index (χ1n) is 7.29. The van der Waals surface area contributed by atoms with Gasteiger partial charge in [-0.3, -0.25) is 9.78 Å². The Morgan fingerprint density at radius 3 is 2.82 bits per heavy atom. The van der Waals surface area contributed by atoms with Crippen molar-refractivity contribution in [2.75, 3.05) is 5.32 Å². The van der Waals surface area contributed by atoms with Crippen LogP contribution in [-0.2, 0) is 6.54 Å². The standard InChI is InChI=1S/C17H18N4O/c1-4-21-16(7-8-18-21)20-17(22)14-10-13-9-11(2)5-6-15(13)19-12(14)3/h5-10H,4H2,1-3H3,(H,20,22). The second-order valence-electron chi connectivity index (χ2n) is 5.30. The molecule has 112 valence electrons. The molecule has 0 radical (unpaired) electrons. The predicted molar refractivity (Wildman–Crippen MR) is 87.1 cm³/mol. The van der Waals surface area contributed by atoms with Gasteiger partial charge in [-0.1, -0.05) is 11.6 Å². The van der Waals surface area contributed by atoms with Crippen molar-refractivity contribution in [1.82, 2.24) is 14.8 Å². The summed E-state index contributed by atoms with van der Waals surface area (Å²) in [6.45, 7) is 6.56. The van der Waals surface area contributed by atoms with Gasteiger partial charge in [0.05, 0.1) is 23.0 Å². The number of rotatable bonds is 3. The molecule has 0 aliphatic carbocycles. The average Bonchev–Trinajstić information content (AvgIpc) is 2.94. The highest BCUT2D eigenvalue weighted by Gasteiger charge is 2.13. The zero-order valence-corrected chi connectivity index (χ0v) is 12.9. The van der Waals surface area contributed by atoms with Crippen molar-refractivity contribution in [2.45, 2.75) is 27.3 Å². The lowest BCUT2D eigenvalue weighted by molar-refractivity contribution is 0.102. The number of fused-ring (bicyclic) bond motifs is 1. The number of nitrogens with one attached hydrogen (secondary N) is 1. The maximum absolute atomic E-state index is 12.5. The van der Waals surface area contributed by atoms with Crippen LogP contribution >= 0.6 is 0 Å². The fraction of sp³-hybridized carbons (Fsp3) is 0.235. The molecule has 0 saturated carbocycles. The Morgan fingerprint density at radius 1 is 1.23 bits per heavy atom. The summed E-state index contributed by atoms with van der Waals surface area (Å²) in [4.78, 5) is 17.1. The van der Waals surface area contributed by atoms with Crippen LogP contribution in [0.4, 0.5) is 5.82 Å². The smallest absolute Gasteiger partial charge is 0.258 e. The van der Waals surface area contributed by atoms with Gasteiger partial charge in [0.1, 0.15) is 5.82 Å². The van der Waals surface area contributed by atoms with Gasteiger partial charge in [0.2, 0.25) is 0 Å². The van der Waals surface area contributed by atoms with Crippen molar-refractivity contribution >= 4 is 22.6 Å². The molecule has 0 saturated heterocycles. The summed E-state index contributed by atoms with van der Waals surface area (Å²) in [5, 5.41) is 8.02. The number of hydrogen-bond acceptors (Lipinski definition) is 3. The lowest BCUT2D eigenvalue weighted by atomic mass is 10.1. The highest BCUT2D eigenvalue weighted by Crippen LogP contribution is 2.19. The number of aromatic nitrogens is 3. The van der Waals surface area contributed by atoms with Crippen LogP contribution in [0.5, 0.6) is 0 Å². The van der Waals surface area contributed by atoms with Crippen LogP contribution in [0.1, 0.15) is 28.5 Å². The van der Waals surface area contributed by atoms with Crippen LogP contribution in [-0.4, -0.2) is 20.7 Å². The minimum absolute atomic E-state index is 0.163. The molecular formula is C17H18N4O. The summed E-state index contributed by atoms with van der Waals surface area (Å²) in [6.07, 6.45) is 1.67. The lowest BCUT2D eigenvalue weighted by Crippen LogP contribution is -2.17. The molecular weight excluding hydrogens is 276 g/mol. The highest BCUT2D eigenvalue weighted by molar-refractivity contribution is 6.06. The minimum atomic E-state index is -0.163. The number of hydrogen-bond donors (Lipinski definition) is 1. The fourth-order valence-corrected chi connectivity index (χ4v) is 2.50. The third-order valence-electron chi connectivity index (χ3n) is 3.66. The van der Waals surface area contributed by atoms with Crippen molar-refractivity contribution in [1.29, 1.82) is 0 Å². The topological polar surface area (TPSA) is 59.8 Å². The molecule has 0 fully saturated rings. The normalized spacial score (nSPS) is 10.9. The zero-order valence-electron chi connectivity index (χ0n) is 12.9. The summed E-state index contributed by atoms with van der Waals surface area (Å²) in [5.74, 6) is 0.528. The van der Waals surface area contributed by atoms with Crippen LogP contribution in [0, 0.1) is 13.8 Å². The number of carbonyl (C=O) groups is 1. The van der Waals surface area contributed by atoms with Gasteiger partial charge in [0, 0.05) is 18.0 Å². The first kappa shape index (κ1) is 14.3. The van der Waals surface area contributed by atoms with Crippen molar-refractivity contribution in [3.63, 3.8) is 0 Å². The molecule has 3 rings (SSSR count). The van der Waals surface area contributed by atoms with E-state index >= 15 is 0 Å². The molecule has 0 unspecified atom stereocenters. The molecule has 0 bridgehead atoms. The number of benzene rings is 1. The Morgan fingerprint density at radius 2 is 2.05 bits per heavy atom. The molecule has 2 heterocycles. The number of nitrogens with zero attached hydrogens (tertiary/aromatic N) is 3. The summed E-state index contributed by atoms with van der Waals surface area (Å²) >= 11 is 0. The lowest BCUT2D eigenvalue weighted by Gasteiger charge is -2.10. The van der Waals surface area contributed by atoms with E-state index in [1.165, 1.54) is 0 Å². The van der Waals surface area contributed by atoms with Gasteiger partial charge in [0.15, 0.2) is 0 Å². The molecule has 0 aliphatic heterocycles. The van der Waals surface area contributed by atoms with Crippen LogP contribution in [0.25, 0.3) is 10.9 Å². The van der Waals surface area contributed by atoms with Gasteiger partial charge in [-0.05, 0) is 39.0 Å². The van der Waals surface area contributed by atoms with E-state index < -0.39 is 0 Å². The summed E-state index contributed by atoms with van der Waals surface area (Å²) in [7, 11) is 0. The van der Waals surface area contributed by atoms with Gasteiger partial charge < -0.3 is 5.32 Å². The van der Waals surface area contributed by atoms with Crippen molar-refractivity contribution in [3.05, 3.63) is 53.3 Å². The van der Waals surface area contributed by atoms with E-state index in [0.29, 0.717) is 17.9 Å². The van der Waals surface area contributed by atoms with Crippen molar-refractivity contribution in [3.8, 4) is 0 Å². The fourth-order valence-electron chi connectivity index (χ4n) is 2.50. The summed E-state index contributed by atoms with van der Waals surface area (Å²) in [6, 6.07) is 9.72. The van der Waals surface area contributed by atoms with E-state index in [2.05, 4.69) is 15.4 Å². The van der Waals surface area contributed by atoms with Gasteiger partial charge in [-0.2, -0.15) is 5.10 Å². The van der Waals surface area contributed by atoms with Gasteiger partial charge in [-0.25, -0.2) is 4.68 Å². The second kappa shape index (κ2) is 5.60. The first-order chi connectivity index (χ1) is 10.6. The molecule has 0 aliphatic rings. The largest absolute Gasteiger partial charge is 0.307 e. The molecule has 2 aromatic heterocycles. The maximum Gasteiger partial charge on any atom is 0.258 e. The van der Waals surface area contributed by atoms with Crippen LogP contribution < -0.4 is 5.32 Å². The van der Waals surface area contributed by atoms with E-state index in [-0.39, 0.29) is 5.91 Å². The summed E-state index contributed by atoms with van der Waals surface area (Å²) in [5.41, 5.74) is 3.35. The Balaban J connectivity index is 1.98. The quantitative estimate of drug-likeness (QED) is 0.806. The van der Waals surface area contributed by atoms with E-state index in [1.807, 2.05) is 45.0 Å². The van der Waals surface area contributed by atoms with Gasteiger partial charge in [-0.15, -0.1) is 0 Å². The number of pyridine rings is 1. The molecule has 1 N–H and O–H groups in total. The first-order valence-corrected chi connectivity index (χ1v) is 7.29. The third-order valence-corrected chi connectivity index (χ3v) is 3.66. The van der Waals surface area contributed by atoms with Crippen molar-refractivity contribution < 1.29 is 4.79 Å². The van der Waals surface area contributed by atoms with Gasteiger partial charge in [0.25, 0.3) is 5.91 Å². The molecule has 5 heteroatoms. The predicted octanol–water partition coefficient (Wildman–Crippen LogP) is 3.32. The van der Waals surface area contributed by atoms with E-state index in [0.717, 1.165) is 22.2 Å². The Bertz CT molecular complexity index is 851. The number of carbonyl (C=O) groups excluding carboxylic acids is 1. The highest BCUT2D eigenvalue weighted by atomic mass is 16.1. The van der Waals surface area contributed by atoms with Crippen LogP contribution in [0.15, 0.2) is 36.5 Å². The van der Waals surface area contributed by atoms with Crippen LogP contribution in [0.3, 0.4) is 0 Å². The monoisotopic (exact) mass is 294 g/mol. The minimum Gasteiger partial charge on any atom is -0.307 e. The molecule has 22 heavy (non-hydrogen) atoms. The summed E-state index contributed by atoms with van der Waals surface area (Å²) < 4.78 is 1.74. The molecule has 5 nitrogen and oxygen atoms in total. The van der Waals surface area contributed by atoms with E-state index in [4.69, 9.17) is 0 Å². The maximum atomic E-state index is 12.5. The molecule has 0 atom stereocenters. The molecule has 0 spiro atoms. The van der Waals surface area contributed by atoms with Crippen molar-refractivity contribution in [2.24, 2.45) is 0 Å². The molecule has 1 aromatic carbocycles. The average molecular weight is 294 g/mol. The molecule has 1 amide bonds. The van der Waals surface area contributed by atoms with Gasteiger partial charge >= 0.3 is 0 Å². The zero-order chi connectivity index (χ0) is 15.7. The second-order valence-corrected chi connectivity index (χ2v) is 5.30. The number of anilines is 1. The number of aryl methyl sites for hydroxylation is 3. The van der Waals surface area contributed by atoms with E-state index in [9.17, 15) is 4.79 Å². The Kier molecular flexibility index (Phi) is 3.63.